The number of hydrogen-bond acceptors (Lipinski definition) is 1. The first-order chi connectivity index (χ1) is 4.84. The van der Waals surface area contributed by atoms with Crippen LogP contribution in [0, 0.1) is 18.3 Å². The first kappa shape index (κ1) is 7.63. The predicted molar refractivity (Wildman–Crippen MR) is 41.4 cm³/mol. The molecule has 1 aliphatic rings. The number of aliphatic hydroxyl groups excluding tert-OH is 1. The van der Waals surface area contributed by atoms with E-state index >= 15 is 0 Å². The highest BCUT2D eigenvalue weighted by Crippen LogP contribution is 2.25. The zero-order chi connectivity index (χ0) is 7.40. The van der Waals surface area contributed by atoms with E-state index in [1.165, 1.54) is 19.3 Å². The van der Waals surface area contributed by atoms with E-state index in [1.807, 2.05) is 0 Å². The molecule has 10 heavy (non-hydrogen) atoms. The quantitative estimate of drug-likeness (QED) is 0.545. The predicted octanol–water partition coefficient (Wildman–Crippen LogP) is 1.56. The van der Waals surface area contributed by atoms with Crippen molar-refractivity contribution < 1.29 is 5.11 Å². The van der Waals surface area contributed by atoms with Gasteiger partial charge in [-0.15, -0.1) is 6.42 Å². The second-order valence-corrected chi connectivity index (χ2v) is 3.01. The van der Waals surface area contributed by atoms with Gasteiger partial charge in [0, 0.05) is 0 Å². The van der Waals surface area contributed by atoms with Gasteiger partial charge in [0.25, 0.3) is 0 Å². The van der Waals surface area contributed by atoms with E-state index in [1.54, 1.807) is 0 Å². The van der Waals surface area contributed by atoms with Crippen LogP contribution in [0.2, 0.25) is 0 Å². The fraction of sp³-hybridized carbons (Fsp3) is 0.778. The molecule has 0 aromatic rings. The lowest BCUT2D eigenvalue weighted by molar-refractivity contribution is 0.133. The first-order valence-corrected chi connectivity index (χ1v) is 3.99. The summed E-state index contributed by atoms with van der Waals surface area (Å²) in [6.07, 6.45) is 10.6. The van der Waals surface area contributed by atoms with Crippen molar-refractivity contribution in [1.82, 2.24) is 0 Å². The Balaban J connectivity index is 2.33. The van der Waals surface area contributed by atoms with Gasteiger partial charge in [-0.05, 0) is 18.8 Å². The largest absolute Gasteiger partial charge is 0.380 e. The Hall–Kier alpha value is -0.480. The third-order valence-electron chi connectivity index (χ3n) is 2.27. The van der Waals surface area contributed by atoms with Gasteiger partial charge in [-0.2, -0.15) is 0 Å². The molecule has 0 radical (unpaired) electrons. The fourth-order valence-corrected chi connectivity index (χ4v) is 1.59. The van der Waals surface area contributed by atoms with E-state index in [4.69, 9.17) is 6.42 Å². The van der Waals surface area contributed by atoms with Crippen molar-refractivity contribution in [3.8, 4) is 12.3 Å². The van der Waals surface area contributed by atoms with E-state index in [0.29, 0.717) is 5.92 Å². The summed E-state index contributed by atoms with van der Waals surface area (Å²) in [6, 6.07) is 0. The second-order valence-electron chi connectivity index (χ2n) is 3.01. The molecule has 0 aromatic carbocycles. The minimum Gasteiger partial charge on any atom is -0.380 e. The van der Waals surface area contributed by atoms with Gasteiger partial charge in [0.1, 0.15) is 6.10 Å². The van der Waals surface area contributed by atoms with Gasteiger partial charge < -0.3 is 5.11 Å². The number of rotatable bonds is 1. The SMILES string of the molecule is C#C[C@H](O)C1CCCCC1. The van der Waals surface area contributed by atoms with E-state index < -0.39 is 6.10 Å². The Kier molecular flexibility index (Phi) is 2.77. The van der Waals surface area contributed by atoms with Gasteiger partial charge in [0.2, 0.25) is 0 Å². The van der Waals surface area contributed by atoms with Crippen LogP contribution in [0.4, 0.5) is 0 Å². The maximum atomic E-state index is 9.25. The maximum absolute atomic E-state index is 9.25. The van der Waals surface area contributed by atoms with Crippen LogP contribution in [-0.4, -0.2) is 11.2 Å². The minimum atomic E-state index is -0.486. The molecule has 1 rings (SSSR count). The average Bonchev–Trinajstić information content (AvgIpc) is 2.05. The van der Waals surface area contributed by atoms with Crippen LogP contribution in [0.25, 0.3) is 0 Å². The molecule has 0 aromatic heterocycles. The van der Waals surface area contributed by atoms with Crippen LogP contribution < -0.4 is 0 Å². The van der Waals surface area contributed by atoms with Crippen molar-refractivity contribution in [1.29, 1.82) is 0 Å². The molecule has 0 aliphatic heterocycles. The van der Waals surface area contributed by atoms with Crippen molar-refractivity contribution in [2.75, 3.05) is 0 Å². The molecule has 0 unspecified atom stereocenters. The molecule has 0 saturated heterocycles. The van der Waals surface area contributed by atoms with Gasteiger partial charge >= 0.3 is 0 Å². The van der Waals surface area contributed by atoms with Crippen molar-refractivity contribution in [3.05, 3.63) is 0 Å². The smallest absolute Gasteiger partial charge is 0.117 e. The molecule has 1 atom stereocenters. The molecule has 56 valence electrons. The Bertz CT molecular complexity index is 128. The van der Waals surface area contributed by atoms with Crippen LogP contribution in [0.1, 0.15) is 32.1 Å². The maximum Gasteiger partial charge on any atom is 0.117 e. The number of hydrogen-bond donors (Lipinski definition) is 1. The molecule has 0 bridgehead atoms. The normalized spacial score (nSPS) is 23.6. The molecule has 0 heterocycles. The Morgan fingerprint density at radius 2 is 1.90 bits per heavy atom. The molecule has 1 heteroatoms. The molecule has 0 spiro atoms. The zero-order valence-corrected chi connectivity index (χ0v) is 6.21. The molecular weight excluding hydrogens is 124 g/mol. The first-order valence-electron chi connectivity index (χ1n) is 3.99. The molecule has 1 fully saturated rings. The van der Waals surface area contributed by atoms with Crippen LogP contribution in [0.15, 0.2) is 0 Å². The van der Waals surface area contributed by atoms with Gasteiger partial charge in [-0.3, -0.25) is 0 Å². The summed E-state index contributed by atoms with van der Waals surface area (Å²) in [5.41, 5.74) is 0. The van der Waals surface area contributed by atoms with E-state index in [9.17, 15) is 5.11 Å². The van der Waals surface area contributed by atoms with Crippen molar-refractivity contribution in [2.45, 2.75) is 38.2 Å². The van der Waals surface area contributed by atoms with Crippen LogP contribution >= 0.6 is 0 Å². The average molecular weight is 138 g/mol. The zero-order valence-electron chi connectivity index (χ0n) is 6.21. The summed E-state index contributed by atoms with van der Waals surface area (Å²) >= 11 is 0. The highest BCUT2D eigenvalue weighted by atomic mass is 16.3. The summed E-state index contributed by atoms with van der Waals surface area (Å²) in [5, 5.41) is 9.25. The molecule has 1 aliphatic carbocycles. The molecular formula is C9H14O. The van der Waals surface area contributed by atoms with Gasteiger partial charge in [-0.25, -0.2) is 0 Å². The topological polar surface area (TPSA) is 20.2 Å². The summed E-state index contributed by atoms with van der Waals surface area (Å²) in [6.45, 7) is 0. The molecule has 0 amide bonds. The second kappa shape index (κ2) is 3.63. The monoisotopic (exact) mass is 138 g/mol. The van der Waals surface area contributed by atoms with Crippen LogP contribution in [-0.2, 0) is 0 Å². The van der Waals surface area contributed by atoms with Gasteiger partial charge in [0.15, 0.2) is 0 Å². The lowest BCUT2D eigenvalue weighted by atomic mass is 9.86. The van der Waals surface area contributed by atoms with Gasteiger partial charge in [0.05, 0.1) is 0 Å². The highest BCUT2D eigenvalue weighted by molar-refractivity contribution is 4.97. The summed E-state index contributed by atoms with van der Waals surface area (Å²) < 4.78 is 0. The Morgan fingerprint density at radius 3 is 2.40 bits per heavy atom. The van der Waals surface area contributed by atoms with E-state index in [-0.39, 0.29) is 0 Å². The standard InChI is InChI=1S/C9H14O/c1-2-9(10)8-6-4-3-5-7-8/h1,8-10H,3-7H2/t9-/m0/s1. The van der Waals surface area contributed by atoms with E-state index in [2.05, 4.69) is 5.92 Å². The summed E-state index contributed by atoms with van der Waals surface area (Å²) in [7, 11) is 0. The van der Waals surface area contributed by atoms with Gasteiger partial charge in [-0.1, -0.05) is 25.2 Å². The third kappa shape index (κ3) is 1.75. The van der Waals surface area contributed by atoms with Crippen molar-refractivity contribution >= 4 is 0 Å². The lowest BCUT2D eigenvalue weighted by Crippen LogP contribution is -2.20. The lowest BCUT2D eigenvalue weighted by Gasteiger charge is -2.22. The number of terminal acetylenes is 1. The highest BCUT2D eigenvalue weighted by Gasteiger charge is 2.19. The number of aliphatic hydroxyl groups is 1. The van der Waals surface area contributed by atoms with Crippen LogP contribution in [0.3, 0.4) is 0 Å². The fourth-order valence-electron chi connectivity index (χ4n) is 1.59. The molecule has 1 saturated carbocycles. The van der Waals surface area contributed by atoms with E-state index in [0.717, 1.165) is 12.8 Å². The summed E-state index contributed by atoms with van der Waals surface area (Å²) in [5.74, 6) is 2.78. The summed E-state index contributed by atoms with van der Waals surface area (Å²) in [4.78, 5) is 0. The Labute approximate surface area is 62.4 Å². The Morgan fingerprint density at radius 1 is 1.30 bits per heavy atom. The minimum absolute atomic E-state index is 0.388. The van der Waals surface area contributed by atoms with Crippen molar-refractivity contribution in [3.63, 3.8) is 0 Å². The molecule has 1 nitrogen and oxygen atoms in total. The van der Waals surface area contributed by atoms with Crippen molar-refractivity contribution in [2.24, 2.45) is 5.92 Å². The van der Waals surface area contributed by atoms with Crippen LogP contribution in [0.5, 0.6) is 0 Å². The molecule has 1 N–H and O–H groups in total. The third-order valence-corrected chi connectivity index (χ3v) is 2.27.